The zero-order valence-electron chi connectivity index (χ0n) is 17.2. The predicted molar refractivity (Wildman–Crippen MR) is 111 cm³/mol. The summed E-state index contributed by atoms with van der Waals surface area (Å²) in [5.41, 5.74) is 1.92. The number of rotatable bonds is 6. The van der Waals surface area contributed by atoms with Crippen LogP contribution in [-0.4, -0.2) is 44.0 Å². The summed E-state index contributed by atoms with van der Waals surface area (Å²) in [6.45, 7) is 4.11. The molecule has 0 unspecified atom stereocenters. The van der Waals surface area contributed by atoms with Crippen LogP contribution in [0.5, 0.6) is 11.5 Å². The number of carbonyl (C=O) groups is 2. The summed E-state index contributed by atoms with van der Waals surface area (Å²) in [5.74, 6) is 1.68. The minimum absolute atomic E-state index is 0.00793. The first-order chi connectivity index (χ1) is 14.0. The van der Waals surface area contributed by atoms with E-state index in [4.69, 9.17) is 9.47 Å². The highest BCUT2D eigenvalue weighted by Gasteiger charge is 2.22. The highest BCUT2D eigenvalue weighted by molar-refractivity contribution is 5.99. The molecular weight excluding hydrogens is 368 g/mol. The first-order valence-electron chi connectivity index (χ1n) is 9.90. The minimum Gasteiger partial charge on any atom is -0.493 e. The Balaban J connectivity index is 1.64. The number of likely N-dealkylation sites (tertiary alicyclic amines) is 1. The van der Waals surface area contributed by atoms with Crippen molar-refractivity contribution >= 4 is 11.8 Å². The van der Waals surface area contributed by atoms with Crippen LogP contribution in [0.25, 0.3) is 0 Å². The largest absolute Gasteiger partial charge is 0.493 e. The van der Waals surface area contributed by atoms with E-state index in [-0.39, 0.29) is 11.8 Å². The second-order valence-corrected chi connectivity index (χ2v) is 7.43. The van der Waals surface area contributed by atoms with Gasteiger partial charge in [-0.05, 0) is 54.7 Å². The first kappa shape index (κ1) is 20.7. The predicted octanol–water partition coefficient (Wildman–Crippen LogP) is 3.51. The SMILES string of the molecule is COc1ccc(CNC(=O)c2cccc(C(=O)N3CCC(C)CC3)c2)cc1OC. The first-order valence-corrected chi connectivity index (χ1v) is 9.90. The van der Waals surface area contributed by atoms with Crippen molar-refractivity contribution in [3.05, 3.63) is 59.2 Å². The number of methoxy groups -OCH3 is 2. The molecule has 0 saturated carbocycles. The third-order valence-electron chi connectivity index (χ3n) is 5.34. The number of amides is 2. The Labute approximate surface area is 171 Å². The molecule has 0 spiro atoms. The topological polar surface area (TPSA) is 67.9 Å². The molecule has 0 radical (unpaired) electrons. The molecule has 0 atom stereocenters. The second kappa shape index (κ2) is 9.45. The Morgan fingerprint density at radius 1 is 1.00 bits per heavy atom. The van der Waals surface area contributed by atoms with Crippen molar-refractivity contribution in [2.45, 2.75) is 26.3 Å². The molecule has 3 rings (SSSR count). The molecule has 0 bridgehead atoms. The van der Waals surface area contributed by atoms with Gasteiger partial charge in [0, 0.05) is 30.8 Å². The lowest BCUT2D eigenvalue weighted by Gasteiger charge is -2.30. The number of carbonyl (C=O) groups excluding carboxylic acids is 2. The van der Waals surface area contributed by atoms with Gasteiger partial charge >= 0.3 is 0 Å². The lowest BCUT2D eigenvalue weighted by molar-refractivity contribution is 0.0697. The fourth-order valence-electron chi connectivity index (χ4n) is 3.46. The Hall–Kier alpha value is -3.02. The summed E-state index contributed by atoms with van der Waals surface area (Å²) >= 11 is 0. The fourth-order valence-corrected chi connectivity index (χ4v) is 3.46. The van der Waals surface area contributed by atoms with Crippen LogP contribution in [0.1, 0.15) is 46.0 Å². The van der Waals surface area contributed by atoms with Gasteiger partial charge in [-0.2, -0.15) is 0 Å². The third kappa shape index (κ3) is 5.08. The van der Waals surface area contributed by atoms with Crippen molar-refractivity contribution in [1.82, 2.24) is 10.2 Å². The molecule has 1 aliphatic rings. The molecule has 2 amide bonds. The van der Waals surface area contributed by atoms with Crippen molar-refractivity contribution in [2.24, 2.45) is 5.92 Å². The molecule has 1 heterocycles. The van der Waals surface area contributed by atoms with Crippen LogP contribution in [0.4, 0.5) is 0 Å². The lowest BCUT2D eigenvalue weighted by atomic mass is 9.98. The highest BCUT2D eigenvalue weighted by atomic mass is 16.5. The van der Waals surface area contributed by atoms with E-state index in [9.17, 15) is 9.59 Å². The van der Waals surface area contributed by atoms with Crippen molar-refractivity contribution in [3.63, 3.8) is 0 Å². The second-order valence-electron chi connectivity index (χ2n) is 7.43. The maximum absolute atomic E-state index is 12.8. The number of benzene rings is 2. The van der Waals surface area contributed by atoms with E-state index < -0.39 is 0 Å². The van der Waals surface area contributed by atoms with Crippen molar-refractivity contribution in [3.8, 4) is 11.5 Å². The van der Waals surface area contributed by atoms with Crippen LogP contribution in [0.3, 0.4) is 0 Å². The van der Waals surface area contributed by atoms with E-state index >= 15 is 0 Å². The molecule has 1 N–H and O–H groups in total. The molecule has 1 fully saturated rings. The molecule has 2 aromatic rings. The number of nitrogens with one attached hydrogen (secondary N) is 1. The van der Waals surface area contributed by atoms with E-state index in [2.05, 4.69) is 12.2 Å². The van der Waals surface area contributed by atoms with Crippen LogP contribution in [0.15, 0.2) is 42.5 Å². The molecule has 154 valence electrons. The molecule has 0 aromatic heterocycles. The van der Waals surface area contributed by atoms with Gasteiger partial charge in [-0.25, -0.2) is 0 Å². The normalized spacial score (nSPS) is 14.4. The monoisotopic (exact) mass is 396 g/mol. The van der Waals surface area contributed by atoms with Gasteiger partial charge in [-0.3, -0.25) is 9.59 Å². The van der Waals surface area contributed by atoms with Crippen LogP contribution in [0, 0.1) is 5.92 Å². The van der Waals surface area contributed by atoms with Gasteiger partial charge in [0.2, 0.25) is 0 Å². The summed E-state index contributed by atoms with van der Waals surface area (Å²) in [6, 6.07) is 12.4. The minimum atomic E-state index is -0.221. The van der Waals surface area contributed by atoms with Crippen molar-refractivity contribution < 1.29 is 19.1 Å². The van der Waals surface area contributed by atoms with Gasteiger partial charge in [0.05, 0.1) is 14.2 Å². The van der Waals surface area contributed by atoms with Crippen LogP contribution in [0.2, 0.25) is 0 Å². The van der Waals surface area contributed by atoms with Gasteiger partial charge in [-0.1, -0.05) is 19.1 Å². The summed E-state index contributed by atoms with van der Waals surface area (Å²) in [6.07, 6.45) is 2.05. The Kier molecular flexibility index (Phi) is 6.75. The van der Waals surface area contributed by atoms with E-state index in [1.807, 2.05) is 17.0 Å². The Morgan fingerprint density at radius 2 is 1.69 bits per heavy atom. The molecule has 2 aromatic carbocycles. The Bertz CT molecular complexity index is 873. The molecule has 29 heavy (non-hydrogen) atoms. The quantitative estimate of drug-likeness (QED) is 0.811. The summed E-state index contributed by atoms with van der Waals surface area (Å²) < 4.78 is 10.5. The van der Waals surface area contributed by atoms with Crippen LogP contribution < -0.4 is 14.8 Å². The van der Waals surface area contributed by atoms with Crippen LogP contribution >= 0.6 is 0 Å². The van der Waals surface area contributed by atoms with E-state index in [1.54, 1.807) is 44.6 Å². The average Bonchev–Trinajstić information content (AvgIpc) is 2.77. The number of piperidine rings is 1. The van der Waals surface area contributed by atoms with Crippen molar-refractivity contribution in [2.75, 3.05) is 27.3 Å². The van der Waals surface area contributed by atoms with Crippen molar-refractivity contribution in [1.29, 1.82) is 0 Å². The summed E-state index contributed by atoms with van der Waals surface area (Å²) in [4.78, 5) is 27.2. The smallest absolute Gasteiger partial charge is 0.253 e. The van der Waals surface area contributed by atoms with Gasteiger partial charge in [0.15, 0.2) is 11.5 Å². The molecule has 1 saturated heterocycles. The van der Waals surface area contributed by atoms with Gasteiger partial charge in [0.1, 0.15) is 0 Å². The zero-order chi connectivity index (χ0) is 20.8. The molecule has 6 nitrogen and oxygen atoms in total. The molecule has 6 heteroatoms. The number of nitrogens with zero attached hydrogens (tertiary/aromatic N) is 1. The summed E-state index contributed by atoms with van der Waals surface area (Å²) in [5, 5.41) is 2.90. The Morgan fingerprint density at radius 3 is 2.38 bits per heavy atom. The maximum atomic E-state index is 12.8. The molecular formula is C23H28N2O4. The molecule has 1 aliphatic heterocycles. The van der Waals surface area contributed by atoms with Gasteiger partial charge in [0.25, 0.3) is 11.8 Å². The number of hydrogen-bond donors (Lipinski definition) is 1. The fraction of sp³-hybridized carbons (Fsp3) is 0.391. The third-order valence-corrected chi connectivity index (χ3v) is 5.34. The van der Waals surface area contributed by atoms with E-state index in [1.165, 1.54) is 0 Å². The highest BCUT2D eigenvalue weighted by Crippen LogP contribution is 2.27. The standard InChI is InChI=1S/C23H28N2O4/c1-16-9-11-25(12-10-16)23(27)19-6-4-5-18(14-19)22(26)24-15-17-7-8-20(28-2)21(13-17)29-3/h4-8,13-14,16H,9-12,15H2,1-3H3,(H,24,26). The van der Waals surface area contributed by atoms with E-state index in [0.29, 0.717) is 35.1 Å². The zero-order valence-corrected chi connectivity index (χ0v) is 17.2. The lowest BCUT2D eigenvalue weighted by Crippen LogP contribution is -2.38. The van der Waals surface area contributed by atoms with Gasteiger partial charge in [-0.15, -0.1) is 0 Å². The number of ether oxygens (including phenoxy) is 2. The van der Waals surface area contributed by atoms with E-state index in [0.717, 1.165) is 31.5 Å². The summed E-state index contributed by atoms with van der Waals surface area (Å²) in [7, 11) is 3.16. The van der Waals surface area contributed by atoms with Crippen LogP contribution in [-0.2, 0) is 6.54 Å². The molecule has 0 aliphatic carbocycles. The average molecular weight is 396 g/mol. The number of hydrogen-bond acceptors (Lipinski definition) is 4. The van der Waals surface area contributed by atoms with Gasteiger partial charge < -0.3 is 19.7 Å². The maximum Gasteiger partial charge on any atom is 0.253 e.